The molecule has 0 aliphatic rings. The van der Waals surface area contributed by atoms with Crippen LogP contribution in [0.1, 0.15) is 38.8 Å². The largest absolute Gasteiger partial charge is 0.478 e. The molecule has 1 atom stereocenters. The molecule has 4 N–H and O–H groups in total. The number of amides is 1. The minimum atomic E-state index is -1.05. The number of anilines is 1. The summed E-state index contributed by atoms with van der Waals surface area (Å²) in [6.07, 6.45) is 0. The van der Waals surface area contributed by atoms with Crippen molar-refractivity contribution >= 4 is 28.9 Å². The lowest BCUT2D eigenvalue weighted by Gasteiger charge is -2.04. The maximum atomic E-state index is 12.0. The van der Waals surface area contributed by atoms with Crippen molar-refractivity contribution in [2.75, 3.05) is 5.32 Å². The first-order valence-corrected chi connectivity index (χ1v) is 6.71. The second-order valence-corrected chi connectivity index (χ2v) is 5.09. The van der Waals surface area contributed by atoms with Gasteiger partial charge in [-0.05, 0) is 25.1 Å². The summed E-state index contributed by atoms with van der Waals surface area (Å²) in [4.78, 5) is 27.0. The number of nitrogens with zero attached hydrogens (tertiary/aromatic N) is 1. The van der Waals surface area contributed by atoms with E-state index in [4.69, 9.17) is 10.8 Å². The molecule has 6 nitrogen and oxygen atoms in total. The fourth-order valence-corrected chi connectivity index (χ4v) is 2.28. The second kappa shape index (κ2) is 5.81. The monoisotopic (exact) mass is 291 g/mol. The highest BCUT2D eigenvalue weighted by Gasteiger charge is 2.13. The van der Waals surface area contributed by atoms with Crippen LogP contribution in [0, 0.1) is 0 Å². The van der Waals surface area contributed by atoms with Crippen LogP contribution in [0.3, 0.4) is 0 Å². The zero-order valence-electron chi connectivity index (χ0n) is 10.7. The number of nitrogens with one attached hydrogen (secondary N) is 1. The van der Waals surface area contributed by atoms with Gasteiger partial charge in [0.05, 0.1) is 11.6 Å². The second-order valence-electron chi connectivity index (χ2n) is 4.20. The predicted octanol–water partition coefficient (Wildman–Crippen LogP) is 2.11. The van der Waals surface area contributed by atoms with E-state index in [1.54, 1.807) is 24.4 Å². The van der Waals surface area contributed by atoms with Gasteiger partial charge in [-0.15, -0.1) is 11.3 Å². The molecule has 7 heteroatoms. The van der Waals surface area contributed by atoms with Crippen molar-refractivity contribution in [2.45, 2.75) is 13.0 Å². The Labute approximate surface area is 119 Å². The minimum Gasteiger partial charge on any atom is -0.478 e. The third-order valence-electron chi connectivity index (χ3n) is 2.51. The van der Waals surface area contributed by atoms with E-state index in [1.165, 1.54) is 23.5 Å². The van der Waals surface area contributed by atoms with Gasteiger partial charge in [0.25, 0.3) is 5.91 Å². The molecule has 104 valence electrons. The molecule has 1 unspecified atom stereocenters. The Hall–Kier alpha value is -2.25. The van der Waals surface area contributed by atoms with Crippen LogP contribution in [-0.4, -0.2) is 22.0 Å². The zero-order valence-corrected chi connectivity index (χ0v) is 11.5. The first kappa shape index (κ1) is 14.2. The van der Waals surface area contributed by atoms with Crippen molar-refractivity contribution in [2.24, 2.45) is 5.73 Å². The number of carboxylic acid groups (broad SMARTS) is 1. The van der Waals surface area contributed by atoms with Gasteiger partial charge < -0.3 is 16.2 Å². The third-order valence-corrected chi connectivity index (χ3v) is 3.56. The lowest BCUT2D eigenvalue weighted by molar-refractivity contribution is 0.0696. The fourth-order valence-electron chi connectivity index (χ4n) is 1.53. The first-order valence-electron chi connectivity index (χ1n) is 5.83. The standard InChI is InChI=1S/C13H13N3O3S/c1-7(14)12-16-10(6-20-12)11(17)15-9-4-2-3-8(5-9)13(18)19/h2-7H,14H2,1H3,(H,15,17)(H,18,19). The molecule has 1 aromatic heterocycles. The van der Waals surface area contributed by atoms with E-state index >= 15 is 0 Å². The van der Waals surface area contributed by atoms with Crippen LogP contribution in [0.4, 0.5) is 5.69 Å². The molecule has 0 saturated carbocycles. The summed E-state index contributed by atoms with van der Waals surface area (Å²) in [6, 6.07) is 5.79. The van der Waals surface area contributed by atoms with Crippen molar-refractivity contribution in [3.63, 3.8) is 0 Å². The number of aromatic nitrogens is 1. The number of carbonyl (C=O) groups is 2. The fraction of sp³-hybridized carbons (Fsp3) is 0.154. The summed E-state index contributed by atoms with van der Waals surface area (Å²) in [5.74, 6) is -1.44. The van der Waals surface area contributed by atoms with E-state index < -0.39 is 11.9 Å². The van der Waals surface area contributed by atoms with Gasteiger partial charge in [-0.25, -0.2) is 9.78 Å². The smallest absolute Gasteiger partial charge is 0.335 e. The average Bonchev–Trinajstić information content (AvgIpc) is 2.88. The van der Waals surface area contributed by atoms with Crippen molar-refractivity contribution in [1.82, 2.24) is 4.98 Å². The van der Waals surface area contributed by atoms with E-state index in [0.29, 0.717) is 10.7 Å². The van der Waals surface area contributed by atoms with Crippen molar-refractivity contribution in [3.05, 3.63) is 45.9 Å². The molecule has 20 heavy (non-hydrogen) atoms. The molecule has 0 fully saturated rings. The topological polar surface area (TPSA) is 105 Å². The van der Waals surface area contributed by atoms with Crippen LogP contribution in [0.15, 0.2) is 29.6 Å². The highest BCUT2D eigenvalue weighted by Crippen LogP contribution is 2.17. The van der Waals surface area contributed by atoms with Gasteiger partial charge in [0.15, 0.2) is 0 Å². The van der Waals surface area contributed by atoms with Crippen LogP contribution in [0.25, 0.3) is 0 Å². The van der Waals surface area contributed by atoms with E-state index in [0.717, 1.165) is 0 Å². The molecule has 0 radical (unpaired) electrons. The average molecular weight is 291 g/mol. The molecule has 0 aliphatic carbocycles. The lowest BCUT2D eigenvalue weighted by atomic mass is 10.2. The number of carbonyl (C=O) groups excluding carboxylic acids is 1. The summed E-state index contributed by atoms with van der Waals surface area (Å²) in [6.45, 7) is 1.79. The Morgan fingerprint density at radius 2 is 2.20 bits per heavy atom. The highest BCUT2D eigenvalue weighted by molar-refractivity contribution is 7.09. The summed E-state index contributed by atoms with van der Waals surface area (Å²) in [5, 5.41) is 13.8. The SMILES string of the molecule is CC(N)c1nc(C(=O)Nc2cccc(C(=O)O)c2)cs1. The van der Waals surface area contributed by atoms with Gasteiger partial charge in [0.1, 0.15) is 10.7 Å². The third kappa shape index (κ3) is 3.19. The molecule has 1 heterocycles. The van der Waals surface area contributed by atoms with Gasteiger partial charge in [0.2, 0.25) is 0 Å². The maximum Gasteiger partial charge on any atom is 0.335 e. The van der Waals surface area contributed by atoms with Gasteiger partial charge in [-0.2, -0.15) is 0 Å². The molecule has 0 saturated heterocycles. The Balaban J connectivity index is 2.14. The number of hydrogen-bond donors (Lipinski definition) is 3. The molecule has 0 bridgehead atoms. The lowest BCUT2D eigenvalue weighted by Crippen LogP contribution is -2.13. The van der Waals surface area contributed by atoms with Gasteiger partial charge in [-0.1, -0.05) is 6.07 Å². The van der Waals surface area contributed by atoms with Crippen LogP contribution in [0.5, 0.6) is 0 Å². The molecular formula is C13H13N3O3S. The van der Waals surface area contributed by atoms with Crippen molar-refractivity contribution < 1.29 is 14.7 Å². The van der Waals surface area contributed by atoms with E-state index in [9.17, 15) is 9.59 Å². The first-order chi connectivity index (χ1) is 9.47. The number of carboxylic acids is 1. The number of nitrogens with two attached hydrogens (primary N) is 1. The normalized spacial score (nSPS) is 11.9. The molecule has 2 rings (SSSR count). The Morgan fingerprint density at radius 3 is 2.80 bits per heavy atom. The Morgan fingerprint density at radius 1 is 1.45 bits per heavy atom. The summed E-state index contributed by atoms with van der Waals surface area (Å²) >= 11 is 1.31. The molecule has 1 aromatic carbocycles. The number of rotatable bonds is 4. The summed E-state index contributed by atoms with van der Waals surface area (Å²) in [5.41, 5.74) is 6.47. The molecule has 0 aliphatic heterocycles. The minimum absolute atomic E-state index is 0.109. The predicted molar refractivity (Wildman–Crippen MR) is 76.1 cm³/mol. The van der Waals surface area contributed by atoms with Crippen LogP contribution < -0.4 is 11.1 Å². The summed E-state index contributed by atoms with van der Waals surface area (Å²) in [7, 11) is 0. The van der Waals surface area contributed by atoms with Crippen molar-refractivity contribution in [1.29, 1.82) is 0 Å². The summed E-state index contributed by atoms with van der Waals surface area (Å²) < 4.78 is 0. The molecule has 1 amide bonds. The highest BCUT2D eigenvalue weighted by atomic mass is 32.1. The van der Waals surface area contributed by atoms with Crippen molar-refractivity contribution in [3.8, 4) is 0 Å². The molecule has 0 spiro atoms. The van der Waals surface area contributed by atoms with Gasteiger partial charge in [0, 0.05) is 11.1 Å². The molecule has 2 aromatic rings. The Bertz CT molecular complexity index is 652. The maximum absolute atomic E-state index is 12.0. The van der Waals surface area contributed by atoms with Crippen LogP contribution >= 0.6 is 11.3 Å². The Kier molecular flexibility index (Phi) is 4.11. The van der Waals surface area contributed by atoms with E-state index in [2.05, 4.69) is 10.3 Å². The number of hydrogen-bond acceptors (Lipinski definition) is 5. The van der Waals surface area contributed by atoms with Gasteiger partial charge >= 0.3 is 5.97 Å². The van der Waals surface area contributed by atoms with Crippen LogP contribution in [-0.2, 0) is 0 Å². The molecular weight excluding hydrogens is 278 g/mol. The zero-order chi connectivity index (χ0) is 14.7. The van der Waals surface area contributed by atoms with E-state index in [-0.39, 0.29) is 17.3 Å². The quantitative estimate of drug-likeness (QED) is 0.800. The number of aromatic carboxylic acids is 1. The number of thiazole rings is 1. The van der Waals surface area contributed by atoms with Gasteiger partial charge in [-0.3, -0.25) is 4.79 Å². The number of benzene rings is 1. The van der Waals surface area contributed by atoms with E-state index in [1.807, 2.05) is 0 Å². The van der Waals surface area contributed by atoms with Crippen LogP contribution in [0.2, 0.25) is 0 Å².